The Kier molecular flexibility index (Phi) is 4.06. The van der Waals surface area contributed by atoms with Crippen molar-refractivity contribution in [3.8, 4) is 0 Å². The Morgan fingerprint density at radius 2 is 1.31 bits per heavy atom. The van der Waals surface area contributed by atoms with Gasteiger partial charge in [0.25, 0.3) is 6.71 Å². The zero-order valence-corrected chi connectivity index (χ0v) is 22.3. The molecule has 0 atom stereocenters. The smallest absolute Gasteiger partial charge is 0.252 e. The van der Waals surface area contributed by atoms with Gasteiger partial charge in [-0.3, -0.25) is 0 Å². The summed E-state index contributed by atoms with van der Waals surface area (Å²) in [5, 5.41) is 0. The summed E-state index contributed by atoms with van der Waals surface area (Å²) in [7, 11) is 0. The van der Waals surface area contributed by atoms with Gasteiger partial charge < -0.3 is 14.7 Å². The third-order valence-electron chi connectivity index (χ3n) is 8.69. The molecule has 0 fully saturated rings. The molecule has 4 heterocycles. The number of hydrogen-bond acceptors (Lipinski definition) is 4. The minimum atomic E-state index is -0.454. The van der Waals surface area contributed by atoms with Gasteiger partial charge in [-0.2, -0.15) is 0 Å². The summed E-state index contributed by atoms with van der Waals surface area (Å²) in [4.78, 5) is 9.49. The molecule has 0 unspecified atom stereocenters. The Hall–Kier alpha value is -4.16. The first-order valence-corrected chi connectivity index (χ1v) is 14.2. The van der Waals surface area contributed by atoms with Crippen molar-refractivity contribution in [1.29, 1.82) is 0 Å². The van der Waals surface area contributed by atoms with E-state index in [-0.39, 0.29) is 12.5 Å². The first-order chi connectivity index (χ1) is 19.0. The van der Waals surface area contributed by atoms with Gasteiger partial charge in [0.2, 0.25) is 0 Å². The summed E-state index contributed by atoms with van der Waals surface area (Å²) in [6, 6.07) is 35.8. The molecule has 39 heavy (non-hydrogen) atoms. The number of rotatable bonds is 1. The maximum atomic E-state index is 15.8. The second kappa shape index (κ2) is 7.27. The average Bonchev–Trinajstić information content (AvgIpc) is 3.19. The fourth-order valence-corrected chi connectivity index (χ4v) is 8.47. The van der Waals surface area contributed by atoms with E-state index in [1.54, 1.807) is 23.9 Å². The minimum Gasteiger partial charge on any atom is -0.317 e. The van der Waals surface area contributed by atoms with E-state index in [4.69, 9.17) is 0 Å². The van der Waals surface area contributed by atoms with Crippen molar-refractivity contribution in [3.63, 3.8) is 0 Å². The summed E-state index contributed by atoms with van der Waals surface area (Å²) in [6.45, 7) is 4.50. The second-order valence-corrected chi connectivity index (χ2v) is 12.2. The molecule has 5 aromatic carbocycles. The highest BCUT2D eigenvalue weighted by atomic mass is 32.2. The van der Waals surface area contributed by atoms with E-state index in [2.05, 4.69) is 120 Å². The minimum absolute atomic E-state index is 0.0189. The van der Waals surface area contributed by atoms with Crippen molar-refractivity contribution in [2.24, 2.45) is 0 Å². The van der Waals surface area contributed by atoms with Crippen LogP contribution in [-0.2, 0) is 0 Å². The van der Waals surface area contributed by atoms with E-state index in [0.717, 1.165) is 28.4 Å². The van der Waals surface area contributed by atoms with Crippen LogP contribution in [0.4, 0.5) is 44.2 Å². The predicted octanol–water partition coefficient (Wildman–Crippen LogP) is 6.93. The van der Waals surface area contributed by atoms with E-state index in [1.807, 2.05) is 0 Å². The summed E-state index contributed by atoms with van der Waals surface area (Å²) in [5.74, 6) is -0.214. The molecule has 0 N–H and O–H groups in total. The third-order valence-corrected chi connectivity index (χ3v) is 9.81. The van der Waals surface area contributed by atoms with Crippen molar-refractivity contribution in [1.82, 2.24) is 0 Å². The van der Waals surface area contributed by atoms with Crippen LogP contribution in [0.3, 0.4) is 0 Å². The lowest BCUT2D eigenvalue weighted by molar-refractivity contribution is 0.539. The summed E-state index contributed by atoms with van der Waals surface area (Å²) < 4.78 is 15.8. The Morgan fingerprint density at radius 3 is 2.15 bits per heavy atom. The highest BCUT2D eigenvalue weighted by molar-refractivity contribution is 7.99. The number of benzene rings is 5. The van der Waals surface area contributed by atoms with Gasteiger partial charge in [-0.1, -0.05) is 66.4 Å². The Morgan fingerprint density at radius 1 is 0.641 bits per heavy atom. The molecule has 0 saturated heterocycles. The van der Waals surface area contributed by atoms with Gasteiger partial charge in [0, 0.05) is 26.9 Å². The third kappa shape index (κ3) is 2.60. The molecule has 0 aromatic heterocycles. The molecule has 0 amide bonds. The standard InChI is InChI=1S/C33H23BFN3S/c1-33(2)37(21-10-4-3-5-11-21)25-15-8-12-22-31(25)38(33)27-19-20(35)18-26-30(27)34(22)23-13-9-17-29-32(23)36(26)24-14-6-7-16-28(24)39-29/h3-19H,1-2H3. The zero-order chi connectivity index (χ0) is 26.0. The molecular formula is C33H23BFN3S. The van der Waals surface area contributed by atoms with Crippen molar-refractivity contribution >= 4 is 74.7 Å². The quantitative estimate of drug-likeness (QED) is 0.216. The van der Waals surface area contributed by atoms with E-state index in [1.165, 1.54) is 37.6 Å². The molecule has 0 aliphatic carbocycles. The molecule has 4 aliphatic rings. The van der Waals surface area contributed by atoms with Gasteiger partial charge in [0.05, 0.1) is 22.7 Å². The Bertz CT molecular complexity index is 1870. The molecular weight excluding hydrogens is 500 g/mol. The van der Waals surface area contributed by atoms with Crippen LogP contribution < -0.4 is 31.1 Å². The van der Waals surface area contributed by atoms with Crippen LogP contribution in [0, 0.1) is 5.82 Å². The van der Waals surface area contributed by atoms with Crippen LogP contribution in [0.5, 0.6) is 0 Å². The lowest BCUT2D eigenvalue weighted by Gasteiger charge is -2.48. The lowest BCUT2D eigenvalue weighted by Crippen LogP contribution is -2.63. The van der Waals surface area contributed by atoms with E-state index < -0.39 is 5.66 Å². The van der Waals surface area contributed by atoms with Crippen molar-refractivity contribution in [3.05, 3.63) is 109 Å². The molecule has 186 valence electrons. The van der Waals surface area contributed by atoms with E-state index in [0.29, 0.717) is 0 Å². The zero-order valence-electron chi connectivity index (χ0n) is 21.5. The van der Waals surface area contributed by atoms with Gasteiger partial charge in [0.15, 0.2) is 0 Å². The molecule has 0 bridgehead atoms. The maximum Gasteiger partial charge on any atom is 0.252 e. The Labute approximate surface area is 231 Å². The van der Waals surface area contributed by atoms with Gasteiger partial charge in [-0.05, 0) is 78.8 Å². The molecule has 0 saturated carbocycles. The number of halogens is 1. The Balaban J connectivity index is 1.40. The number of hydrogen-bond donors (Lipinski definition) is 0. The molecule has 0 radical (unpaired) electrons. The number of fused-ring (bicyclic) bond motifs is 6. The summed E-state index contributed by atoms with van der Waals surface area (Å²) in [6.07, 6.45) is 0. The van der Waals surface area contributed by atoms with Crippen LogP contribution in [0.1, 0.15) is 13.8 Å². The largest absolute Gasteiger partial charge is 0.317 e. The van der Waals surface area contributed by atoms with Crippen LogP contribution in [0.25, 0.3) is 0 Å². The summed E-state index contributed by atoms with van der Waals surface area (Å²) in [5.41, 5.74) is 10.9. The first kappa shape index (κ1) is 21.7. The number of anilines is 7. The highest BCUT2D eigenvalue weighted by Gasteiger charge is 2.53. The van der Waals surface area contributed by atoms with Gasteiger partial charge in [-0.25, -0.2) is 4.39 Å². The molecule has 9 rings (SSSR count). The van der Waals surface area contributed by atoms with Gasteiger partial charge in [0.1, 0.15) is 11.5 Å². The molecule has 3 nitrogen and oxygen atoms in total. The molecule has 5 aromatic rings. The van der Waals surface area contributed by atoms with Crippen LogP contribution in [0.2, 0.25) is 0 Å². The number of nitrogens with zero attached hydrogens (tertiary/aromatic N) is 3. The second-order valence-electron chi connectivity index (χ2n) is 11.1. The van der Waals surface area contributed by atoms with E-state index in [9.17, 15) is 0 Å². The topological polar surface area (TPSA) is 9.72 Å². The molecule has 6 heteroatoms. The van der Waals surface area contributed by atoms with Crippen LogP contribution >= 0.6 is 11.8 Å². The van der Waals surface area contributed by atoms with Gasteiger partial charge in [-0.15, -0.1) is 0 Å². The average molecular weight is 523 g/mol. The van der Waals surface area contributed by atoms with Crippen molar-refractivity contribution in [2.75, 3.05) is 14.7 Å². The van der Waals surface area contributed by atoms with Crippen LogP contribution in [0.15, 0.2) is 113 Å². The predicted molar refractivity (Wildman–Crippen MR) is 161 cm³/mol. The molecule has 4 aliphatic heterocycles. The van der Waals surface area contributed by atoms with Gasteiger partial charge >= 0.3 is 0 Å². The van der Waals surface area contributed by atoms with Crippen LogP contribution in [-0.4, -0.2) is 12.4 Å². The number of para-hydroxylation sites is 4. The monoisotopic (exact) mass is 523 g/mol. The normalized spacial score (nSPS) is 16.5. The highest BCUT2D eigenvalue weighted by Crippen LogP contribution is 2.57. The summed E-state index contributed by atoms with van der Waals surface area (Å²) >= 11 is 1.80. The maximum absolute atomic E-state index is 15.8. The first-order valence-electron chi connectivity index (χ1n) is 13.4. The van der Waals surface area contributed by atoms with Crippen molar-refractivity contribution < 1.29 is 4.39 Å². The molecule has 0 spiro atoms. The van der Waals surface area contributed by atoms with E-state index >= 15 is 4.39 Å². The SMILES string of the molecule is CC1(C)N(c2ccccc2)c2cccc3c2N1c1cc(F)cc2c1B3c1cccc3c1N2c1ccccc1S3. The fraction of sp³-hybridized carbons (Fsp3) is 0.0909. The fourth-order valence-electron chi connectivity index (χ4n) is 7.37. The van der Waals surface area contributed by atoms with Crippen molar-refractivity contribution in [2.45, 2.75) is 29.3 Å². The lowest BCUT2D eigenvalue weighted by atomic mass is 9.33.